The molecule has 4 rings (SSSR count). The molecule has 1 saturated heterocycles. The van der Waals surface area contributed by atoms with Gasteiger partial charge in [0.25, 0.3) is 0 Å². The van der Waals surface area contributed by atoms with Crippen molar-refractivity contribution in [1.82, 2.24) is 15.2 Å². The number of halogens is 1. The van der Waals surface area contributed by atoms with Crippen LogP contribution in [0.3, 0.4) is 0 Å². The molecule has 5 nitrogen and oxygen atoms in total. The van der Waals surface area contributed by atoms with Crippen molar-refractivity contribution in [1.29, 1.82) is 0 Å². The van der Waals surface area contributed by atoms with Crippen molar-refractivity contribution in [2.45, 2.75) is 44.2 Å². The van der Waals surface area contributed by atoms with Crippen molar-refractivity contribution >= 4 is 17.5 Å². The lowest BCUT2D eigenvalue weighted by atomic mass is 10.0. The summed E-state index contributed by atoms with van der Waals surface area (Å²) in [6, 6.07) is 11.4. The quantitative estimate of drug-likeness (QED) is 0.731. The molecule has 2 aliphatic rings. The minimum atomic E-state index is -0.890. The molecule has 1 aliphatic heterocycles. The predicted molar refractivity (Wildman–Crippen MR) is 114 cm³/mol. The third-order valence-electron chi connectivity index (χ3n) is 6.04. The maximum atomic E-state index is 12.8. The number of hydrogen-bond donors (Lipinski definition) is 2. The number of aliphatic hydroxyl groups excluding tert-OH is 1. The summed E-state index contributed by atoms with van der Waals surface area (Å²) in [6.07, 6.45) is 5.38. The van der Waals surface area contributed by atoms with Gasteiger partial charge in [-0.1, -0.05) is 35.9 Å². The number of rotatable bonds is 7. The van der Waals surface area contributed by atoms with Crippen LogP contribution in [-0.4, -0.2) is 46.6 Å². The number of aromatic nitrogens is 1. The number of fused-ring (bicyclic) bond motifs is 1. The number of amides is 1. The topological polar surface area (TPSA) is 65.5 Å². The van der Waals surface area contributed by atoms with E-state index in [1.165, 1.54) is 11.1 Å². The first-order valence-corrected chi connectivity index (χ1v) is 10.8. The van der Waals surface area contributed by atoms with Crippen LogP contribution in [0, 0.1) is 5.92 Å². The Balaban J connectivity index is 1.41. The van der Waals surface area contributed by atoms with E-state index in [2.05, 4.69) is 39.5 Å². The number of carbonyl (C=O) groups is 1. The number of nitrogens with zero attached hydrogens (tertiary/aromatic N) is 2. The maximum Gasteiger partial charge on any atom is 0.220 e. The van der Waals surface area contributed by atoms with Crippen LogP contribution in [0.1, 0.15) is 42.2 Å². The molecule has 0 unspecified atom stereocenters. The lowest BCUT2D eigenvalue weighted by molar-refractivity contribution is -0.123. The summed E-state index contributed by atoms with van der Waals surface area (Å²) in [5, 5.41) is 14.6. The summed E-state index contributed by atoms with van der Waals surface area (Å²) in [5.74, 6) is 0.314. The Hall–Kier alpha value is -1.95. The Morgan fingerprint density at radius 1 is 1.21 bits per heavy atom. The summed E-state index contributed by atoms with van der Waals surface area (Å²) >= 11 is 6.08. The molecular formula is C23H28ClN3O2. The van der Waals surface area contributed by atoms with Crippen molar-refractivity contribution in [3.8, 4) is 0 Å². The van der Waals surface area contributed by atoms with Crippen LogP contribution >= 0.6 is 11.6 Å². The monoisotopic (exact) mass is 413 g/mol. The first-order chi connectivity index (χ1) is 14.1. The highest BCUT2D eigenvalue weighted by Gasteiger charge is 2.29. The first-order valence-electron chi connectivity index (χ1n) is 10.5. The zero-order valence-corrected chi connectivity index (χ0v) is 17.3. The third-order valence-corrected chi connectivity index (χ3v) is 6.27. The molecule has 0 bridgehead atoms. The average molecular weight is 414 g/mol. The van der Waals surface area contributed by atoms with Crippen LogP contribution in [-0.2, 0) is 17.6 Å². The second kappa shape index (κ2) is 9.24. The van der Waals surface area contributed by atoms with Crippen LogP contribution < -0.4 is 5.32 Å². The fourth-order valence-corrected chi connectivity index (χ4v) is 4.75. The highest BCUT2D eigenvalue weighted by molar-refractivity contribution is 6.30. The van der Waals surface area contributed by atoms with Gasteiger partial charge in [0, 0.05) is 24.2 Å². The van der Waals surface area contributed by atoms with Crippen molar-refractivity contribution in [2.75, 3.05) is 19.6 Å². The summed E-state index contributed by atoms with van der Waals surface area (Å²) in [5.41, 5.74) is 3.19. The average Bonchev–Trinajstić information content (AvgIpc) is 3.35. The first kappa shape index (κ1) is 20.3. The molecule has 154 valence electrons. The molecule has 6 heteroatoms. The minimum absolute atomic E-state index is 0.00641. The van der Waals surface area contributed by atoms with Gasteiger partial charge in [-0.25, -0.2) is 0 Å². The molecule has 1 aromatic carbocycles. The van der Waals surface area contributed by atoms with Gasteiger partial charge in [-0.3, -0.25) is 9.78 Å². The van der Waals surface area contributed by atoms with Gasteiger partial charge in [-0.2, -0.15) is 0 Å². The molecule has 1 aromatic heterocycles. The summed E-state index contributed by atoms with van der Waals surface area (Å²) in [7, 11) is 0. The zero-order chi connectivity index (χ0) is 20.2. The van der Waals surface area contributed by atoms with E-state index in [-0.39, 0.29) is 5.91 Å². The molecule has 1 amide bonds. The number of pyridine rings is 1. The van der Waals surface area contributed by atoms with Crippen molar-refractivity contribution < 1.29 is 9.90 Å². The van der Waals surface area contributed by atoms with Gasteiger partial charge in [0.1, 0.15) is 6.10 Å². The van der Waals surface area contributed by atoms with Crippen LogP contribution in [0.2, 0.25) is 5.02 Å². The molecule has 0 saturated carbocycles. The lowest BCUT2D eigenvalue weighted by Crippen LogP contribution is -2.47. The molecule has 0 radical (unpaired) electrons. The van der Waals surface area contributed by atoms with E-state index in [4.69, 9.17) is 11.6 Å². The Bertz CT molecular complexity index is 829. The van der Waals surface area contributed by atoms with Gasteiger partial charge in [-0.05, 0) is 68.0 Å². The fourth-order valence-electron chi connectivity index (χ4n) is 4.58. The molecule has 2 N–H and O–H groups in total. The lowest BCUT2D eigenvalue weighted by Gasteiger charge is -2.28. The van der Waals surface area contributed by atoms with Gasteiger partial charge in [0.15, 0.2) is 0 Å². The van der Waals surface area contributed by atoms with Crippen LogP contribution in [0.15, 0.2) is 42.6 Å². The number of benzene rings is 1. The fraction of sp³-hybridized carbons (Fsp3) is 0.478. The SMILES string of the molecule is O=C(CC1Cc2ccccc2C1)N[C@@H](CN1CCCC1)[C@@H](O)c1cc(Cl)ccn1. The highest BCUT2D eigenvalue weighted by atomic mass is 35.5. The van der Waals surface area contributed by atoms with Gasteiger partial charge < -0.3 is 15.3 Å². The van der Waals surface area contributed by atoms with E-state index < -0.39 is 12.1 Å². The Kier molecular flexibility index (Phi) is 6.48. The van der Waals surface area contributed by atoms with Gasteiger partial charge in [0.05, 0.1) is 11.7 Å². The number of likely N-dealkylation sites (tertiary alicyclic amines) is 1. The Morgan fingerprint density at radius 3 is 2.55 bits per heavy atom. The number of hydrogen-bond acceptors (Lipinski definition) is 4. The largest absolute Gasteiger partial charge is 0.385 e. The zero-order valence-electron chi connectivity index (χ0n) is 16.6. The van der Waals surface area contributed by atoms with Crippen LogP contribution in [0.25, 0.3) is 0 Å². The summed E-state index contributed by atoms with van der Waals surface area (Å²) in [4.78, 5) is 19.4. The molecule has 1 aliphatic carbocycles. The third kappa shape index (κ3) is 5.16. The van der Waals surface area contributed by atoms with E-state index in [0.717, 1.165) is 38.8 Å². The molecule has 1 fully saturated rings. The van der Waals surface area contributed by atoms with E-state index >= 15 is 0 Å². The molecule has 2 atom stereocenters. The number of aliphatic hydroxyl groups is 1. The summed E-state index contributed by atoms with van der Waals surface area (Å²) in [6.45, 7) is 2.62. The Morgan fingerprint density at radius 2 is 1.90 bits per heavy atom. The second-order valence-corrected chi connectivity index (χ2v) is 8.71. The van der Waals surface area contributed by atoms with Crippen molar-refractivity contribution in [3.05, 3.63) is 64.4 Å². The van der Waals surface area contributed by atoms with E-state index in [1.54, 1.807) is 18.3 Å². The molecule has 29 heavy (non-hydrogen) atoms. The van der Waals surface area contributed by atoms with Gasteiger partial charge in [0.2, 0.25) is 5.91 Å². The standard InChI is InChI=1S/C23H28ClN3O2/c24-19-7-8-25-20(14-19)23(29)21(15-27-9-3-4-10-27)26-22(28)13-16-11-17-5-1-2-6-18(17)12-16/h1-2,5-8,14,16,21,23,29H,3-4,9-13,15H2,(H,26,28)/t21-,23-/m0/s1. The number of carbonyl (C=O) groups excluding carboxylic acids is 1. The Labute approximate surface area is 177 Å². The smallest absolute Gasteiger partial charge is 0.220 e. The van der Waals surface area contributed by atoms with E-state index in [9.17, 15) is 9.90 Å². The normalized spacial score (nSPS) is 19.1. The molecule has 0 spiro atoms. The van der Waals surface area contributed by atoms with E-state index in [0.29, 0.717) is 29.6 Å². The molecular weight excluding hydrogens is 386 g/mol. The van der Waals surface area contributed by atoms with Gasteiger partial charge in [-0.15, -0.1) is 0 Å². The summed E-state index contributed by atoms with van der Waals surface area (Å²) < 4.78 is 0. The second-order valence-electron chi connectivity index (χ2n) is 8.27. The van der Waals surface area contributed by atoms with Crippen molar-refractivity contribution in [3.63, 3.8) is 0 Å². The van der Waals surface area contributed by atoms with Crippen LogP contribution in [0.4, 0.5) is 0 Å². The minimum Gasteiger partial charge on any atom is -0.385 e. The van der Waals surface area contributed by atoms with E-state index in [1.807, 2.05) is 0 Å². The van der Waals surface area contributed by atoms with Crippen molar-refractivity contribution in [2.24, 2.45) is 5.92 Å². The molecule has 2 aromatic rings. The van der Waals surface area contributed by atoms with Crippen LogP contribution in [0.5, 0.6) is 0 Å². The maximum absolute atomic E-state index is 12.8. The molecule has 2 heterocycles. The predicted octanol–water partition coefficient (Wildman–Crippen LogP) is 3.15. The highest BCUT2D eigenvalue weighted by Crippen LogP contribution is 2.29. The van der Waals surface area contributed by atoms with Gasteiger partial charge >= 0.3 is 0 Å². The number of nitrogens with one attached hydrogen (secondary N) is 1.